The number of carboxylic acid groups (broad SMARTS) is 1. The molecule has 0 radical (unpaired) electrons. The topological polar surface area (TPSA) is 103 Å². The molecule has 0 aliphatic rings. The van der Waals surface area contributed by atoms with E-state index >= 15 is 0 Å². The van der Waals surface area contributed by atoms with Crippen molar-refractivity contribution in [2.24, 2.45) is 0 Å². The third-order valence-corrected chi connectivity index (χ3v) is 2.50. The number of aromatic nitrogens is 1. The molecule has 2 aromatic rings. The van der Waals surface area contributed by atoms with Crippen LogP contribution in [0.4, 0.5) is 5.69 Å². The number of ether oxygens (including phenoxy) is 1. The molecule has 0 amide bonds. The normalized spacial score (nSPS) is 10.1. The lowest BCUT2D eigenvalue weighted by molar-refractivity contribution is -0.386. The van der Waals surface area contributed by atoms with Gasteiger partial charge in [-0.25, -0.2) is 4.79 Å². The van der Waals surface area contributed by atoms with E-state index in [1.54, 1.807) is 12.1 Å². The zero-order valence-corrected chi connectivity index (χ0v) is 10.6. The molecule has 0 unspecified atom stereocenters. The molecule has 2 rings (SSSR count). The molecule has 0 spiro atoms. The molecule has 0 fully saturated rings. The highest BCUT2D eigenvalue weighted by atomic mass is 35.5. The van der Waals surface area contributed by atoms with E-state index in [9.17, 15) is 14.9 Å². The molecular formula is C12H7ClN2O5. The maximum atomic E-state index is 10.9. The molecule has 1 aromatic carbocycles. The van der Waals surface area contributed by atoms with Crippen LogP contribution in [0.2, 0.25) is 5.02 Å². The lowest BCUT2D eigenvalue weighted by Gasteiger charge is -2.06. The summed E-state index contributed by atoms with van der Waals surface area (Å²) in [5, 5.41) is 20.1. The van der Waals surface area contributed by atoms with Crippen molar-refractivity contribution in [3.63, 3.8) is 0 Å². The van der Waals surface area contributed by atoms with Crippen LogP contribution in [-0.2, 0) is 0 Å². The van der Waals surface area contributed by atoms with Gasteiger partial charge in [-0.3, -0.25) is 10.1 Å². The van der Waals surface area contributed by atoms with Crippen molar-refractivity contribution in [2.45, 2.75) is 0 Å². The molecule has 1 heterocycles. The quantitative estimate of drug-likeness (QED) is 0.686. The highest BCUT2D eigenvalue weighted by molar-refractivity contribution is 6.30. The molecule has 7 nitrogen and oxygen atoms in total. The van der Waals surface area contributed by atoms with Crippen LogP contribution in [0.5, 0.6) is 11.6 Å². The Morgan fingerprint density at radius 3 is 2.70 bits per heavy atom. The number of hydrogen-bond donors (Lipinski definition) is 1. The minimum atomic E-state index is -1.31. The predicted molar refractivity (Wildman–Crippen MR) is 69.4 cm³/mol. The van der Waals surface area contributed by atoms with Gasteiger partial charge < -0.3 is 9.84 Å². The van der Waals surface area contributed by atoms with Crippen LogP contribution >= 0.6 is 11.6 Å². The molecule has 102 valence electrons. The summed E-state index contributed by atoms with van der Waals surface area (Å²) in [6.07, 6.45) is 0. The number of carbonyl (C=O) groups is 1. The second kappa shape index (κ2) is 5.54. The molecule has 0 saturated carbocycles. The third-order valence-electron chi connectivity index (χ3n) is 2.27. The van der Waals surface area contributed by atoms with Crippen LogP contribution in [0, 0.1) is 10.1 Å². The summed E-state index contributed by atoms with van der Waals surface area (Å²) in [7, 11) is 0. The standard InChI is InChI=1S/C12H7ClN2O5/c13-7-2-1-3-8(6-7)20-11-10(15(18)19)5-4-9(14-11)12(16)17/h1-6H,(H,16,17). The Labute approximate surface area is 117 Å². The lowest BCUT2D eigenvalue weighted by Crippen LogP contribution is -2.03. The van der Waals surface area contributed by atoms with E-state index in [0.29, 0.717) is 5.02 Å². The van der Waals surface area contributed by atoms with Crippen molar-refractivity contribution < 1.29 is 19.6 Å². The fraction of sp³-hybridized carbons (Fsp3) is 0. The fourth-order valence-corrected chi connectivity index (χ4v) is 1.59. The first-order valence-electron chi connectivity index (χ1n) is 5.29. The first-order chi connectivity index (χ1) is 9.47. The zero-order valence-electron chi connectivity index (χ0n) is 9.82. The van der Waals surface area contributed by atoms with E-state index in [4.69, 9.17) is 21.4 Å². The number of halogens is 1. The summed E-state index contributed by atoms with van der Waals surface area (Å²) < 4.78 is 5.24. The van der Waals surface area contributed by atoms with Crippen LogP contribution in [0.1, 0.15) is 10.5 Å². The number of nitro groups is 1. The average molecular weight is 295 g/mol. The van der Waals surface area contributed by atoms with Gasteiger partial charge in [0.15, 0.2) is 5.69 Å². The van der Waals surface area contributed by atoms with Crippen molar-refractivity contribution in [3.8, 4) is 11.6 Å². The summed E-state index contributed by atoms with van der Waals surface area (Å²) in [4.78, 5) is 24.6. The van der Waals surface area contributed by atoms with Gasteiger partial charge in [0.1, 0.15) is 5.75 Å². The lowest BCUT2D eigenvalue weighted by atomic mass is 10.3. The van der Waals surface area contributed by atoms with E-state index in [1.165, 1.54) is 12.1 Å². The number of aromatic carboxylic acids is 1. The Morgan fingerprint density at radius 1 is 1.35 bits per heavy atom. The van der Waals surface area contributed by atoms with Gasteiger partial charge in [-0.15, -0.1) is 0 Å². The van der Waals surface area contributed by atoms with E-state index < -0.39 is 22.5 Å². The number of benzene rings is 1. The van der Waals surface area contributed by atoms with Crippen molar-refractivity contribution in [2.75, 3.05) is 0 Å². The fourth-order valence-electron chi connectivity index (χ4n) is 1.41. The Balaban J connectivity index is 2.44. The zero-order chi connectivity index (χ0) is 14.7. The summed E-state index contributed by atoms with van der Waals surface area (Å²) in [6, 6.07) is 8.20. The molecule has 0 aliphatic heterocycles. The molecular weight excluding hydrogens is 288 g/mol. The highest BCUT2D eigenvalue weighted by Gasteiger charge is 2.20. The number of carboxylic acids is 1. The predicted octanol–water partition coefficient (Wildman–Crippen LogP) is 3.13. The highest BCUT2D eigenvalue weighted by Crippen LogP contribution is 2.30. The Morgan fingerprint density at radius 2 is 2.10 bits per heavy atom. The number of rotatable bonds is 4. The van der Waals surface area contributed by atoms with Crippen LogP contribution in [-0.4, -0.2) is 21.0 Å². The molecule has 0 bridgehead atoms. The Bertz CT molecular complexity index is 689. The van der Waals surface area contributed by atoms with Gasteiger partial charge in [-0.2, -0.15) is 4.98 Å². The maximum absolute atomic E-state index is 10.9. The number of nitrogens with zero attached hydrogens (tertiary/aromatic N) is 2. The van der Waals surface area contributed by atoms with Gasteiger partial charge in [-0.05, 0) is 24.3 Å². The second-order valence-corrected chi connectivity index (χ2v) is 4.08. The first kappa shape index (κ1) is 13.8. The third kappa shape index (κ3) is 3.01. The minimum absolute atomic E-state index is 0.218. The monoisotopic (exact) mass is 294 g/mol. The molecule has 0 atom stereocenters. The van der Waals surface area contributed by atoms with Gasteiger partial charge in [0.2, 0.25) is 0 Å². The molecule has 1 aromatic heterocycles. The van der Waals surface area contributed by atoms with E-state index in [2.05, 4.69) is 4.98 Å². The van der Waals surface area contributed by atoms with Crippen molar-refractivity contribution in [3.05, 3.63) is 57.2 Å². The van der Waals surface area contributed by atoms with Gasteiger partial charge in [-0.1, -0.05) is 17.7 Å². The molecule has 0 aliphatic carbocycles. The van der Waals surface area contributed by atoms with Crippen molar-refractivity contribution >= 4 is 23.3 Å². The number of hydrogen-bond acceptors (Lipinski definition) is 5. The maximum Gasteiger partial charge on any atom is 0.354 e. The van der Waals surface area contributed by atoms with Gasteiger partial charge in [0, 0.05) is 11.1 Å². The van der Waals surface area contributed by atoms with Crippen LogP contribution < -0.4 is 4.74 Å². The Kier molecular flexibility index (Phi) is 3.81. The number of pyridine rings is 1. The van der Waals surface area contributed by atoms with Crippen LogP contribution in [0.3, 0.4) is 0 Å². The minimum Gasteiger partial charge on any atom is -0.477 e. The van der Waals surface area contributed by atoms with Gasteiger partial charge in [0.25, 0.3) is 5.88 Å². The molecule has 0 saturated heterocycles. The van der Waals surface area contributed by atoms with Gasteiger partial charge >= 0.3 is 11.7 Å². The smallest absolute Gasteiger partial charge is 0.354 e. The molecule has 1 N–H and O–H groups in total. The summed E-state index contributed by atoms with van der Waals surface area (Å²) >= 11 is 5.77. The van der Waals surface area contributed by atoms with E-state index in [-0.39, 0.29) is 11.4 Å². The van der Waals surface area contributed by atoms with Crippen molar-refractivity contribution in [1.82, 2.24) is 4.98 Å². The van der Waals surface area contributed by atoms with Crippen LogP contribution in [0.15, 0.2) is 36.4 Å². The Hall–Kier alpha value is -2.67. The van der Waals surface area contributed by atoms with E-state index in [1.807, 2.05) is 0 Å². The molecule has 8 heteroatoms. The van der Waals surface area contributed by atoms with Gasteiger partial charge in [0.05, 0.1) is 4.92 Å². The van der Waals surface area contributed by atoms with Crippen molar-refractivity contribution in [1.29, 1.82) is 0 Å². The first-order valence-corrected chi connectivity index (χ1v) is 5.67. The summed E-state index contributed by atoms with van der Waals surface area (Å²) in [5.74, 6) is -1.50. The summed E-state index contributed by atoms with van der Waals surface area (Å²) in [5.41, 5.74) is -0.789. The van der Waals surface area contributed by atoms with Crippen LogP contribution in [0.25, 0.3) is 0 Å². The van der Waals surface area contributed by atoms with E-state index in [0.717, 1.165) is 12.1 Å². The largest absolute Gasteiger partial charge is 0.477 e. The SMILES string of the molecule is O=C(O)c1ccc([N+](=O)[O-])c(Oc2cccc(Cl)c2)n1. The average Bonchev–Trinajstić information content (AvgIpc) is 2.38. The second-order valence-electron chi connectivity index (χ2n) is 3.64. The summed E-state index contributed by atoms with van der Waals surface area (Å²) in [6.45, 7) is 0. The molecule has 20 heavy (non-hydrogen) atoms.